The highest BCUT2D eigenvalue weighted by Gasteiger charge is 2.05. The molecule has 3 N–H and O–H groups in total. The third kappa shape index (κ3) is 7.09. The van der Waals surface area contributed by atoms with Crippen molar-refractivity contribution in [2.45, 2.75) is 33.6 Å². The van der Waals surface area contributed by atoms with Crippen molar-refractivity contribution in [3.05, 3.63) is 29.1 Å². The normalized spacial score (nSPS) is 9.50. The molecule has 0 atom stereocenters. The molecular weight excluding hydrogens is 259 g/mol. The fourth-order valence-electron chi connectivity index (χ4n) is 1.50. The summed E-state index contributed by atoms with van der Waals surface area (Å²) < 4.78 is 17.7. The van der Waals surface area contributed by atoms with E-state index in [4.69, 9.17) is 5.73 Å². The summed E-state index contributed by atoms with van der Waals surface area (Å²) in [5, 5.41) is 2.86. The fraction of sp³-hybridized carbons (Fsp3) is 0.533. The number of anilines is 1. The molecule has 4 nitrogen and oxygen atoms in total. The first-order valence-electron chi connectivity index (χ1n) is 6.73. The minimum Gasteiger partial charge on any atom is -0.468 e. The highest BCUT2D eigenvalue weighted by molar-refractivity contribution is 5.74. The largest absolute Gasteiger partial charge is 0.468 e. The van der Waals surface area contributed by atoms with Crippen LogP contribution in [-0.2, 0) is 9.53 Å². The quantitative estimate of drug-likeness (QED) is 0.816. The van der Waals surface area contributed by atoms with Crippen LogP contribution in [0.1, 0.15) is 30.9 Å². The lowest BCUT2D eigenvalue weighted by Crippen LogP contribution is -2.15. The van der Waals surface area contributed by atoms with Gasteiger partial charge in [-0.2, -0.15) is 0 Å². The van der Waals surface area contributed by atoms with E-state index in [1.54, 1.807) is 26.0 Å². The summed E-state index contributed by atoms with van der Waals surface area (Å²) in [7, 11) is 1.32. The first-order chi connectivity index (χ1) is 9.46. The Kier molecular flexibility index (Phi) is 9.38. The lowest BCUT2D eigenvalue weighted by molar-refractivity contribution is -0.138. The molecule has 0 aliphatic carbocycles. The molecule has 0 aromatic heterocycles. The third-order valence-corrected chi connectivity index (χ3v) is 2.66. The molecule has 0 radical (unpaired) electrons. The number of benzene rings is 1. The zero-order valence-electron chi connectivity index (χ0n) is 12.8. The van der Waals surface area contributed by atoms with E-state index in [9.17, 15) is 9.18 Å². The molecule has 1 aromatic rings. The van der Waals surface area contributed by atoms with E-state index in [0.717, 1.165) is 12.2 Å². The minimum absolute atomic E-state index is 0.0843. The zero-order chi connectivity index (χ0) is 15.5. The average molecular weight is 284 g/mol. The van der Waals surface area contributed by atoms with Crippen molar-refractivity contribution in [2.75, 3.05) is 25.5 Å². The van der Waals surface area contributed by atoms with Gasteiger partial charge in [-0.15, -0.1) is 0 Å². The van der Waals surface area contributed by atoms with Gasteiger partial charge in [0.05, 0.1) is 7.11 Å². The maximum absolute atomic E-state index is 13.3. The number of esters is 1. The van der Waals surface area contributed by atoms with Gasteiger partial charge in [0, 0.05) is 5.69 Å². The van der Waals surface area contributed by atoms with Crippen molar-refractivity contribution in [3.63, 3.8) is 0 Å². The van der Waals surface area contributed by atoms with Crippen molar-refractivity contribution in [1.29, 1.82) is 0 Å². The number of aryl methyl sites for hydroxylation is 2. The minimum atomic E-state index is -0.352. The molecule has 0 saturated heterocycles. The maximum atomic E-state index is 13.3. The molecule has 1 aromatic carbocycles. The first-order valence-corrected chi connectivity index (χ1v) is 6.73. The van der Waals surface area contributed by atoms with Crippen LogP contribution in [0, 0.1) is 19.7 Å². The zero-order valence-corrected chi connectivity index (χ0v) is 12.8. The van der Waals surface area contributed by atoms with Crippen molar-refractivity contribution >= 4 is 11.7 Å². The maximum Gasteiger partial charge on any atom is 0.325 e. The van der Waals surface area contributed by atoms with Gasteiger partial charge in [-0.25, -0.2) is 4.39 Å². The predicted molar refractivity (Wildman–Crippen MR) is 80.3 cm³/mol. The van der Waals surface area contributed by atoms with Crippen LogP contribution in [0.5, 0.6) is 0 Å². The second-order valence-corrected chi connectivity index (χ2v) is 4.50. The molecule has 20 heavy (non-hydrogen) atoms. The molecular formula is C15H25FN2O2. The Labute approximate surface area is 120 Å². The summed E-state index contributed by atoms with van der Waals surface area (Å²) in [4.78, 5) is 10.9. The third-order valence-electron chi connectivity index (χ3n) is 2.66. The number of nitrogens with one attached hydrogen (secondary N) is 1. The van der Waals surface area contributed by atoms with Crippen LogP contribution in [0.4, 0.5) is 10.1 Å². The highest BCUT2D eigenvalue weighted by Crippen LogP contribution is 2.18. The van der Waals surface area contributed by atoms with Gasteiger partial charge in [-0.3, -0.25) is 4.79 Å². The molecule has 0 saturated carbocycles. The standard InChI is InChI=1S/C11H14FNO2.C4H11N/c1-7-4-9(5-8(2)11(7)12)13-6-10(14)15-3;1-2-3-4-5/h4-5,13H,6H2,1-3H3;2-5H2,1H3. The fourth-order valence-corrected chi connectivity index (χ4v) is 1.50. The van der Waals surface area contributed by atoms with E-state index in [2.05, 4.69) is 17.0 Å². The summed E-state index contributed by atoms with van der Waals surface area (Å²) in [6.45, 7) is 6.43. The molecule has 5 heteroatoms. The first kappa shape index (κ1) is 18.4. The highest BCUT2D eigenvalue weighted by atomic mass is 19.1. The second-order valence-electron chi connectivity index (χ2n) is 4.50. The number of hydrogen-bond donors (Lipinski definition) is 2. The monoisotopic (exact) mass is 284 g/mol. The van der Waals surface area contributed by atoms with Crippen LogP contribution < -0.4 is 11.1 Å². The van der Waals surface area contributed by atoms with Crippen LogP contribution in [0.3, 0.4) is 0 Å². The summed E-state index contributed by atoms with van der Waals surface area (Å²) in [6.07, 6.45) is 2.39. The Morgan fingerprint density at radius 2 is 1.90 bits per heavy atom. The number of halogens is 1. The van der Waals surface area contributed by atoms with Gasteiger partial charge < -0.3 is 15.8 Å². The van der Waals surface area contributed by atoms with Crippen molar-refractivity contribution in [1.82, 2.24) is 0 Å². The van der Waals surface area contributed by atoms with Gasteiger partial charge in [0.15, 0.2) is 0 Å². The van der Waals surface area contributed by atoms with Gasteiger partial charge >= 0.3 is 5.97 Å². The van der Waals surface area contributed by atoms with E-state index in [1.807, 2.05) is 0 Å². The van der Waals surface area contributed by atoms with Crippen LogP contribution in [-0.4, -0.2) is 26.2 Å². The van der Waals surface area contributed by atoms with Gasteiger partial charge in [0.2, 0.25) is 0 Å². The number of carbonyl (C=O) groups excluding carboxylic acids is 1. The van der Waals surface area contributed by atoms with E-state index in [-0.39, 0.29) is 18.3 Å². The molecule has 0 aliphatic rings. The Morgan fingerprint density at radius 3 is 2.25 bits per heavy atom. The summed E-state index contributed by atoms with van der Waals surface area (Å²) >= 11 is 0. The number of hydrogen-bond acceptors (Lipinski definition) is 4. The predicted octanol–water partition coefficient (Wildman–Crippen LogP) is 2.77. The summed E-state index contributed by atoms with van der Waals surface area (Å²) in [5.74, 6) is -0.562. The number of carbonyl (C=O) groups is 1. The molecule has 0 unspecified atom stereocenters. The second kappa shape index (κ2) is 10.2. The summed E-state index contributed by atoms with van der Waals surface area (Å²) in [5.41, 5.74) is 6.97. The van der Waals surface area contributed by atoms with E-state index >= 15 is 0 Å². The number of methoxy groups -OCH3 is 1. The molecule has 0 bridgehead atoms. The van der Waals surface area contributed by atoms with Crippen LogP contribution in [0.25, 0.3) is 0 Å². The number of ether oxygens (including phenoxy) is 1. The average Bonchev–Trinajstić information content (AvgIpc) is 2.43. The lowest BCUT2D eigenvalue weighted by atomic mass is 10.1. The van der Waals surface area contributed by atoms with Gasteiger partial charge in [-0.05, 0) is 50.1 Å². The number of unbranched alkanes of at least 4 members (excludes halogenated alkanes) is 1. The van der Waals surface area contributed by atoms with Crippen molar-refractivity contribution in [3.8, 4) is 0 Å². The molecule has 0 aliphatic heterocycles. The Hall–Kier alpha value is -1.62. The Morgan fingerprint density at radius 1 is 1.35 bits per heavy atom. The van der Waals surface area contributed by atoms with Gasteiger partial charge in [0.1, 0.15) is 12.4 Å². The molecule has 0 heterocycles. The van der Waals surface area contributed by atoms with Crippen molar-refractivity contribution in [2.24, 2.45) is 5.73 Å². The molecule has 1 rings (SSSR count). The SMILES string of the molecule is CCCCN.COC(=O)CNc1cc(C)c(F)c(C)c1. The number of rotatable bonds is 5. The smallest absolute Gasteiger partial charge is 0.325 e. The lowest BCUT2D eigenvalue weighted by Gasteiger charge is -2.08. The Balaban J connectivity index is 0.000000621. The van der Waals surface area contributed by atoms with Crippen LogP contribution in [0.15, 0.2) is 12.1 Å². The van der Waals surface area contributed by atoms with E-state index < -0.39 is 0 Å². The molecule has 0 fully saturated rings. The van der Waals surface area contributed by atoms with Crippen LogP contribution >= 0.6 is 0 Å². The van der Waals surface area contributed by atoms with E-state index in [0.29, 0.717) is 11.1 Å². The van der Waals surface area contributed by atoms with E-state index in [1.165, 1.54) is 20.0 Å². The van der Waals surface area contributed by atoms with Gasteiger partial charge in [0.25, 0.3) is 0 Å². The van der Waals surface area contributed by atoms with Crippen molar-refractivity contribution < 1.29 is 13.9 Å². The van der Waals surface area contributed by atoms with Crippen LogP contribution in [0.2, 0.25) is 0 Å². The molecule has 114 valence electrons. The van der Waals surface area contributed by atoms with Gasteiger partial charge in [-0.1, -0.05) is 13.3 Å². The topological polar surface area (TPSA) is 64.3 Å². The summed E-state index contributed by atoms with van der Waals surface area (Å²) in [6, 6.07) is 3.32. The molecule has 0 spiro atoms. The number of nitrogens with two attached hydrogens (primary N) is 1. The molecule has 0 amide bonds. The Bertz CT molecular complexity index is 397.